The van der Waals surface area contributed by atoms with E-state index in [9.17, 15) is 0 Å². The Kier molecular flexibility index (Phi) is 7.79. The van der Waals surface area contributed by atoms with E-state index in [4.69, 9.17) is 5.11 Å². The van der Waals surface area contributed by atoms with Crippen molar-refractivity contribution < 1.29 is 5.11 Å². The van der Waals surface area contributed by atoms with Crippen LogP contribution in [0.15, 0.2) is 35.1 Å². The van der Waals surface area contributed by atoms with Crippen LogP contribution < -0.4 is 0 Å². The van der Waals surface area contributed by atoms with E-state index in [0.717, 1.165) is 31.3 Å². The Morgan fingerprint density at radius 3 is 1.93 bits per heavy atom. The second-order valence-electron chi connectivity index (χ2n) is 4.38. The molecule has 0 heterocycles. The van der Waals surface area contributed by atoms with Crippen LogP contribution in [0.1, 0.15) is 53.4 Å². The van der Waals surface area contributed by atoms with Crippen molar-refractivity contribution in [1.29, 1.82) is 0 Å². The van der Waals surface area contributed by atoms with Crippen LogP contribution in [0, 0.1) is 0 Å². The van der Waals surface area contributed by atoms with Gasteiger partial charge in [0, 0.05) is 0 Å². The minimum atomic E-state index is 0.955. The zero-order valence-electron chi connectivity index (χ0n) is 10.5. The van der Waals surface area contributed by atoms with E-state index in [2.05, 4.69) is 32.9 Å². The normalized spacial score (nSPS) is 12.8. The maximum absolute atomic E-state index is 8.71. The lowest BCUT2D eigenvalue weighted by Crippen LogP contribution is -1.80. The number of hydrogen-bond acceptors (Lipinski definition) is 1. The molecule has 0 bridgehead atoms. The molecule has 0 saturated carbocycles. The molecule has 0 atom stereocenters. The number of aliphatic hydroxyl groups is 1. The van der Waals surface area contributed by atoms with Crippen molar-refractivity contribution in [3.05, 3.63) is 35.1 Å². The van der Waals surface area contributed by atoms with Crippen molar-refractivity contribution >= 4 is 0 Å². The van der Waals surface area contributed by atoms with E-state index in [0.29, 0.717) is 0 Å². The topological polar surface area (TPSA) is 20.2 Å². The molecule has 0 aliphatic heterocycles. The van der Waals surface area contributed by atoms with Gasteiger partial charge < -0.3 is 5.11 Å². The summed E-state index contributed by atoms with van der Waals surface area (Å²) in [7, 11) is 0. The average Bonchev–Trinajstić information content (AvgIpc) is 2.17. The van der Waals surface area contributed by atoms with Gasteiger partial charge in [-0.05, 0) is 59.0 Å². The van der Waals surface area contributed by atoms with Crippen LogP contribution in [-0.2, 0) is 0 Å². The predicted molar refractivity (Wildman–Crippen MR) is 68.0 cm³/mol. The van der Waals surface area contributed by atoms with Crippen LogP contribution in [0.4, 0.5) is 0 Å². The lowest BCUT2D eigenvalue weighted by atomic mass is 10.1. The van der Waals surface area contributed by atoms with Crippen molar-refractivity contribution in [1.82, 2.24) is 0 Å². The number of allylic oxidation sites excluding steroid dienone is 5. The molecule has 0 aromatic heterocycles. The van der Waals surface area contributed by atoms with Gasteiger partial charge in [0.15, 0.2) is 0 Å². The molecule has 0 saturated heterocycles. The highest BCUT2D eigenvalue weighted by Gasteiger charge is 1.91. The smallest absolute Gasteiger partial charge is 0.0780 e. The maximum Gasteiger partial charge on any atom is 0.0780 e. The molecule has 0 rings (SSSR count). The largest absolute Gasteiger partial charge is 0.516 e. The molecule has 0 amide bonds. The summed E-state index contributed by atoms with van der Waals surface area (Å²) in [6.45, 7) is 8.39. The number of aliphatic hydroxyl groups excluding tert-OH is 1. The number of rotatable bonds is 6. The van der Waals surface area contributed by atoms with Gasteiger partial charge in [0.05, 0.1) is 6.26 Å². The van der Waals surface area contributed by atoms with Crippen molar-refractivity contribution in [2.45, 2.75) is 53.4 Å². The summed E-state index contributed by atoms with van der Waals surface area (Å²) < 4.78 is 0. The Bertz CT molecular complexity index is 253. The highest BCUT2D eigenvalue weighted by molar-refractivity contribution is 5.04. The summed E-state index contributed by atoms with van der Waals surface area (Å²) in [5.74, 6) is 0. The SMILES string of the molecule is CC(C)=CCCC(C)=CCC/C(C)=C/O. The molecule has 0 spiro atoms. The van der Waals surface area contributed by atoms with Gasteiger partial charge in [-0.25, -0.2) is 0 Å². The van der Waals surface area contributed by atoms with Gasteiger partial charge in [0.1, 0.15) is 0 Å². The van der Waals surface area contributed by atoms with Crippen molar-refractivity contribution in [2.75, 3.05) is 0 Å². The second kappa shape index (κ2) is 8.34. The van der Waals surface area contributed by atoms with Crippen molar-refractivity contribution in [2.24, 2.45) is 0 Å². The van der Waals surface area contributed by atoms with Gasteiger partial charge in [-0.1, -0.05) is 23.3 Å². The first kappa shape index (κ1) is 14.0. The van der Waals surface area contributed by atoms with Gasteiger partial charge in [0.25, 0.3) is 0 Å². The minimum absolute atomic E-state index is 0.955. The molecule has 0 fully saturated rings. The first-order chi connectivity index (χ1) is 7.06. The van der Waals surface area contributed by atoms with E-state index in [-0.39, 0.29) is 0 Å². The Morgan fingerprint density at radius 1 is 0.867 bits per heavy atom. The number of hydrogen-bond donors (Lipinski definition) is 1. The molecule has 1 nitrogen and oxygen atoms in total. The van der Waals surface area contributed by atoms with Crippen LogP contribution in [-0.4, -0.2) is 5.11 Å². The summed E-state index contributed by atoms with van der Waals surface area (Å²) in [4.78, 5) is 0. The fourth-order valence-electron chi connectivity index (χ4n) is 1.30. The summed E-state index contributed by atoms with van der Waals surface area (Å²) in [6, 6.07) is 0. The summed E-state index contributed by atoms with van der Waals surface area (Å²) in [6.07, 6.45) is 10.0. The van der Waals surface area contributed by atoms with Gasteiger partial charge in [-0.2, -0.15) is 0 Å². The second-order valence-corrected chi connectivity index (χ2v) is 4.38. The molecule has 1 N–H and O–H groups in total. The predicted octanol–water partition coefficient (Wildman–Crippen LogP) is 4.92. The Hall–Kier alpha value is -0.980. The fraction of sp³-hybridized carbons (Fsp3) is 0.571. The van der Waals surface area contributed by atoms with Crippen LogP contribution >= 0.6 is 0 Å². The zero-order valence-corrected chi connectivity index (χ0v) is 10.5. The van der Waals surface area contributed by atoms with Crippen LogP contribution in [0.5, 0.6) is 0 Å². The van der Waals surface area contributed by atoms with E-state index in [1.54, 1.807) is 0 Å². The molecular weight excluding hydrogens is 184 g/mol. The molecule has 0 aliphatic rings. The highest BCUT2D eigenvalue weighted by Crippen LogP contribution is 2.10. The van der Waals surface area contributed by atoms with Crippen LogP contribution in [0.2, 0.25) is 0 Å². The quantitative estimate of drug-likeness (QED) is 0.485. The Labute approximate surface area is 94.2 Å². The van der Waals surface area contributed by atoms with E-state index in [1.807, 2.05) is 6.92 Å². The lowest BCUT2D eigenvalue weighted by Gasteiger charge is -2.00. The first-order valence-corrected chi connectivity index (χ1v) is 5.65. The van der Waals surface area contributed by atoms with Crippen molar-refractivity contribution in [3.63, 3.8) is 0 Å². The Morgan fingerprint density at radius 2 is 1.40 bits per heavy atom. The van der Waals surface area contributed by atoms with Gasteiger partial charge >= 0.3 is 0 Å². The van der Waals surface area contributed by atoms with Crippen LogP contribution in [0.25, 0.3) is 0 Å². The van der Waals surface area contributed by atoms with E-state index >= 15 is 0 Å². The van der Waals surface area contributed by atoms with E-state index < -0.39 is 0 Å². The summed E-state index contributed by atoms with van der Waals surface area (Å²) in [5.41, 5.74) is 3.88. The molecule has 0 aromatic rings. The van der Waals surface area contributed by atoms with Crippen LogP contribution in [0.3, 0.4) is 0 Å². The lowest BCUT2D eigenvalue weighted by molar-refractivity contribution is 0.464. The molecule has 86 valence electrons. The molecule has 1 heteroatoms. The zero-order chi connectivity index (χ0) is 11.7. The van der Waals surface area contributed by atoms with E-state index in [1.165, 1.54) is 17.4 Å². The van der Waals surface area contributed by atoms with Gasteiger partial charge in [-0.15, -0.1) is 0 Å². The summed E-state index contributed by atoms with van der Waals surface area (Å²) in [5, 5.41) is 8.71. The minimum Gasteiger partial charge on any atom is -0.516 e. The third-order valence-corrected chi connectivity index (χ3v) is 2.34. The summed E-state index contributed by atoms with van der Waals surface area (Å²) >= 11 is 0. The highest BCUT2D eigenvalue weighted by atomic mass is 16.2. The first-order valence-electron chi connectivity index (χ1n) is 5.65. The molecule has 0 unspecified atom stereocenters. The molecule has 0 radical (unpaired) electrons. The molecular formula is C14H24O. The molecule has 0 aliphatic carbocycles. The Balaban J connectivity index is 3.75. The standard InChI is InChI=1S/C14H24O/c1-12(2)7-5-8-13(3)9-6-10-14(4)11-15/h7,9,11,15H,5-6,8,10H2,1-4H3/b13-9?,14-11+. The van der Waals surface area contributed by atoms with Crippen molar-refractivity contribution in [3.8, 4) is 0 Å². The fourth-order valence-corrected chi connectivity index (χ4v) is 1.30. The van der Waals surface area contributed by atoms with Gasteiger partial charge in [-0.3, -0.25) is 0 Å². The third-order valence-electron chi connectivity index (χ3n) is 2.34. The third kappa shape index (κ3) is 9.33. The monoisotopic (exact) mass is 208 g/mol. The molecule has 0 aromatic carbocycles. The average molecular weight is 208 g/mol. The van der Waals surface area contributed by atoms with Gasteiger partial charge in [0.2, 0.25) is 0 Å². The molecule has 15 heavy (non-hydrogen) atoms. The maximum atomic E-state index is 8.71.